The van der Waals surface area contributed by atoms with Gasteiger partial charge in [0, 0.05) is 30.5 Å². The number of imidazole rings is 1. The standard InChI is InChI=1S/C19H20N4O/c1-14-21-17-9-6-10-20-18(17)23(14)16-8-5-7-15(13-16)19(24)22-11-3-2-4-12-22/h5-10,13H,2-4,11-12H2,1H3. The van der Waals surface area contributed by atoms with E-state index in [0.717, 1.165) is 54.2 Å². The molecule has 0 bridgehead atoms. The Kier molecular flexibility index (Phi) is 3.76. The highest BCUT2D eigenvalue weighted by Crippen LogP contribution is 2.21. The molecule has 24 heavy (non-hydrogen) atoms. The van der Waals surface area contributed by atoms with Gasteiger partial charge in [0.1, 0.15) is 11.3 Å². The van der Waals surface area contributed by atoms with Gasteiger partial charge in [-0.25, -0.2) is 9.97 Å². The lowest BCUT2D eigenvalue weighted by atomic mass is 10.1. The average molecular weight is 320 g/mol. The second-order valence-electron chi connectivity index (χ2n) is 6.24. The molecule has 1 fully saturated rings. The number of fused-ring (bicyclic) bond motifs is 1. The Bertz CT molecular complexity index is 893. The first kappa shape index (κ1) is 14.9. The van der Waals surface area contributed by atoms with E-state index in [1.54, 1.807) is 6.20 Å². The van der Waals surface area contributed by atoms with E-state index >= 15 is 0 Å². The number of carbonyl (C=O) groups is 1. The van der Waals surface area contributed by atoms with Crippen molar-refractivity contribution in [3.8, 4) is 5.69 Å². The zero-order chi connectivity index (χ0) is 16.5. The zero-order valence-electron chi connectivity index (χ0n) is 13.8. The van der Waals surface area contributed by atoms with Crippen LogP contribution in [0, 0.1) is 6.92 Å². The van der Waals surface area contributed by atoms with Gasteiger partial charge in [-0.2, -0.15) is 0 Å². The fraction of sp³-hybridized carbons (Fsp3) is 0.316. The molecule has 1 aliphatic heterocycles. The number of piperidine rings is 1. The molecule has 0 unspecified atom stereocenters. The molecule has 1 saturated heterocycles. The highest BCUT2D eigenvalue weighted by atomic mass is 16.2. The largest absolute Gasteiger partial charge is 0.339 e. The van der Waals surface area contributed by atoms with Crippen molar-refractivity contribution in [1.82, 2.24) is 19.4 Å². The molecule has 5 nitrogen and oxygen atoms in total. The van der Waals surface area contributed by atoms with Crippen LogP contribution in [0.5, 0.6) is 0 Å². The van der Waals surface area contributed by atoms with Gasteiger partial charge in [0.2, 0.25) is 0 Å². The Morgan fingerprint density at radius 2 is 1.92 bits per heavy atom. The second kappa shape index (κ2) is 6.07. The van der Waals surface area contributed by atoms with Crippen molar-refractivity contribution in [2.24, 2.45) is 0 Å². The van der Waals surface area contributed by atoms with E-state index in [4.69, 9.17) is 0 Å². The van der Waals surface area contributed by atoms with Crippen molar-refractivity contribution in [1.29, 1.82) is 0 Å². The van der Waals surface area contributed by atoms with Crippen LogP contribution in [0.4, 0.5) is 0 Å². The minimum Gasteiger partial charge on any atom is -0.339 e. The number of benzene rings is 1. The molecular formula is C19H20N4O. The van der Waals surface area contributed by atoms with E-state index in [2.05, 4.69) is 9.97 Å². The predicted molar refractivity (Wildman–Crippen MR) is 93.4 cm³/mol. The molecule has 122 valence electrons. The number of hydrogen-bond acceptors (Lipinski definition) is 3. The summed E-state index contributed by atoms with van der Waals surface area (Å²) >= 11 is 0. The predicted octanol–water partition coefficient (Wildman–Crippen LogP) is 3.36. The Morgan fingerprint density at radius 1 is 1.08 bits per heavy atom. The summed E-state index contributed by atoms with van der Waals surface area (Å²) in [4.78, 5) is 23.7. The molecule has 0 radical (unpaired) electrons. The van der Waals surface area contributed by atoms with Crippen LogP contribution < -0.4 is 0 Å². The van der Waals surface area contributed by atoms with Gasteiger partial charge in [-0.3, -0.25) is 9.36 Å². The van der Waals surface area contributed by atoms with Crippen molar-refractivity contribution >= 4 is 17.1 Å². The number of likely N-dealkylation sites (tertiary alicyclic amines) is 1. The molecule has 4 rings (SSSR count). The van der Waals surface area contributed by atoms with Gasteiger partial charge in [0.25, 0.3) is 5.91 Å². The summed E-state index contributed by atoms with van der Waals surface area (Å²) in [5.41, 5.74) is 3.34. The highest BCUT2D eigenvalue weighted by Gasteiger charge is 2.19. The monoisotopic (exact) mass is 320 g/mol. The van der Waals surface area contributed by atoms with E-state index in [9.17, 15) is 4.79 Å². The first-order valence-electron chi connectivity index (χ1n) is 8.44. The third kappa shape index (κ3) is 2.56. The number of aryl methyl sites for hydroxylation is 1. The molecule has 5 heteroatoms. The summed E-state index contributed by atoms with van der Waals surface area (Å²) in [7, 11) is 0. The van der Waals surface area contributed by atoms with Crippen molar-refractivity contribution in [2.45, 2.75) is 26.2 Å². The summed E-state index contributed by atoms with van der Waals surface area (Å²) in [6, 6.07) is 11.6. The fourth-order valence-electron chi connectivity index (χ4n) is 3.39. The van der Waals surface area contributed by atoms with E-state index in [1.165, 1.54) is 6.42 Å². The van der Waals surface area contributed by atoms with Crippen molar-refractivity contribution in [2.75, 3.05) is 13.1 Å². The van der Waals surface area contributed by atoms with Gasteiger partial charge in [-0.15, -0.1) is 0 Å². The second-order valence-corrected chi connectivity index (χ2v) is 6.24. The Balaban J connectivity index is 1.74. The lowest BCUT2D eigenvalue weighted by Gasteiger charge is -2.26. The topological polar surface area (TPSA) is 51.0 Å². The molecule has 0 N–H and O–H groups in total. The quantitative estimate of drug-likeness (QED) is 0.727. The molecule has 1 aliphatic rings. The molecular weight excluding hydrogens is 300 g/mol. The lowest BCUT2D eigenvalue weighted by Crippen LogP contribution is -2.35. The van der Waals surface area contributed by atoms with E-state index < -0.39 is 0 Å². The SMILES string of the molecule is Cc1nc2cccnc2n1-c1cccc(C(=O)N2CCCCC2)c1. The summed E-state index contributed by atoms with van der Waals surface area (Å²) < 4.78 is 2.00. The molecule has 1 amide bonds. The normalized spacial score (nSPS) is 15.0. The minimum absolute atomic E-state index is 0.117. The summed E-state index contributed by atoms with van der Waals surface area (Å²) in [6.07, 6.45) is 5.18. The van der Waals surface area contributed by atoms with Gasteiger partial charge in [-0.1, -0.05) is 6.07 Å². The maximum absolute atomic E-state index is 12.8. The number of amides is 1. The molecule has 3 aromatic rings. The van der Waals surface area contributed by atoms with E-state index in [-0.39, 0.29) is 5.91 Å². The third-order valence-electron chi connectivity index (χ3n) is 4.58. The van der Waals surface area contributed by atoms with E-state index in [1.807, 2.05) is 52.8 Å². The van der Waals surface area contributed by atoms with E-state index in [0.29, 0.717) is 0 Å². The molecule has 0 atom stereocenters. The summed E-state index contributed by atoms with van der Waals surface area (Å²) in [5.74, 6) is 0.984. The van der Waals surface area contributed by atoms with Crippen LogP contribution in [0.3, 0.4) is 0 Å². The van der Waals surface area contributed by atoms with Crippen molar-refractivity contribution < 1.29 is 4.79 Å². The number of rotatable bonds is 2. The van der Waals surface area contributed by atoms with Gasteiger partial charge < -0.3 is 4.90 Å². The molecule has 0 aliphatic carbocycles. The zero-order valence-corrected chi connectivity index (χ0v) is 13.8. The maximum Gasteiger partial charge on any atom is 0.253 e. The van der Waals surface area contributed by atoms with Crippen LogP contribution in [0.25, 0.3) is 16.9 Å². The summed E-state index contributed by atoms with van der Waals surface area (Å²) in [5, 5.41) is 0. The van der Waals surface area contributed by atoms with Gasteiger partial charge in [-0.05, 0) is 56.5 Å². The van der Waals surface area contributed by atoms with Crippen LogP contribution in [0.1, 0.15) is 35.4 Å². The number of nitrogens with zero attached hydrogens (tertiary/aromatic N) is 4. The molecule has 2 aromatic heterocycles. The first-order chi connectivity index (χ1) is 11.7. The Morgan fingerprint density at radius 3 is 2.75 bits per heavy atom. The Labute approximate surface area is 140 Å². The first-order valence-corrected chi connectivity index (χ1v) is 8.44. The highest BCUT2D eigenvalue weighted by molar-refractivity contribution is 5.95. The smallest absolute Gasteiger partial charge is 0.253 e. The number of hydrogen-bond donors (Lipinski definition) is 0. The van der Waals surface area contributed by atoms with Crippen LogP contribution in [0.2, 0.25) is 0 Å². The van der Waals surface area contributed by atoms with Crippen LogP contribution >= 0.6 is 0 Å². The lowest BCUT2D eigenvalue weighted by molar-refractivity contribution is 0.0724. The van der Waals surface area contributed by atoms with Crippen molar-refractivity contribution in [3.05, 3.63) is 54.0 Å². The fourth-order valence-corrected chi connectivity index (χ4v) is 3.39. The molecule has 3 heterocycles. The molecule has 0 saturated carbocycles. The number of carbonyl (C=O) groups excluding carboxylic acids is 1. The van der Waals surface area contributed by atoms with Gasteiger partial charge >= 0.3 is 0 Å². The third-order valence-corrected chi connectivity index (χ3v) is 4.58. The minimum atomic E-state index is 0.117. The summed E-state index contributed by atoms with van der Waals surface area (Å²) in [6.45, 7) is 3.68. The van der Waals surface area contributed by atoms with Crippen LogP contribution in [0.15, 0.2) is 42.6 Å². The van der Waals surface area contributed by atoms with Crippen LogP contribution in [-0.2, 0) is 0 Å². The van der Waals surface area contributed by atoms with Gasteiger partial charge in [0.05, 0.1) is 0 Å². The molecule has 0 spiro atoms. The van der Waals surface area contributed by atoms with Gasteiger partial charge in [0.15, 0.2) is 5.65 Å². The maximum atomic E-state index is 12.8. The molecule has 1 aromatic carbocycles. The average Bonchev–Trinajstić information content (AvgIpc) is 2.97. The number of aromatic nitrogens is 3. The van der Waals surface area contributed by atoms with Crippen molar-refractivity contribution in [3.63, 3.8) is 0 Å². The Hall–Kier alpha value is -2.69. The van der Waals surface area contributed by atoms with Crippen LogP contribution in [-0.4, -0.2) is 38.4 Å². The number of pyridine rings is 1.